The highest BCUT2D eigenvalue weighted by molar-refractivity contribution is 5.84. The van der Waals surface area contributed by atoms with Crippen LogP contribution in [0.15, 0.2) is 18.2 Å². The van der Waals surface area contributed by atoms with Gasteiger partial charge in [0.15, 0.2) is 0 Å². The van der Waals surface area contributed by atoms with Gasteiger partial charge in [-0.05, 0) is 56.8 Å². The topological polar surface area (TPSA) is 64.3 Å². The van der Waals surface area contributed by atoms with Crippen molar-refractivity contribution in [3.63, 3.8) is 0 Å². The zero-order chi connectivity index (χ0) is 16.3. The molecule has 0 aromatic heterocycles. The van der Waals surface area contributed by atoms with Gasteiger partial charge in [0, 0.05) is 5.69 Å². The summed E-state index contributed by atoms with van der Waals surface area (Å²) in [6.45, 7) is 9.75. The van der Waals surface area contributed by atoms with E-state index in [2.05, 4.69) is 5.32 Å². The average Bonchev–Trinajstić information content (AvgIpc) is 2.30. The van der Waals surface area contributed by atoms with Crippen LogP contribution in [-0.4, -0.2) is 18.2 Å². The third-order valence-electron chi connectivity index (χ3n) is 2.92. The van der Waals surface area contributed by atoms with Crippen LogP contribution >= 0.6 is 0 Å². The van der Waals surface area contributed by atoms with Crippen molar-refractivity contribution in [2.24, 2.45) is 11.1 Å². The molecule has 118 valence electrons. The molecule has 0 saturated heterocycles. The Morgan fingerprint density at radius 3 is 2.38 bits per heavy atom. The molecule has 1 aromatic rings. The first-order valence-corrected chi connectivity index (χ1v) is 7.01. The van der Waals surface area contributed by atoms with Gasteiger partial charge in [0.2, 0.25) is 0 Å². The van der Waals surface area contributed by atoms with Crippen molar-refractivity contribution in [1.82, 2.24) is 0 Å². The number of hydrogen-bond acceptors (Lipinski definition) is 3. The quantitative estimate of drug-likeness (QED) is 0.890. The molecule has 4 nitrogen and oxygen atoms in total. The number of ether oxygens (including phenoxy) is 1. The first-order valence-electron chi connectivity index (χ1n) is 7.01. The zero-order valence-corrected chi connectivity index (χ0v) is 13.4. The molecule has 0 spiro atoms. The predicted molar refractivity (Wildman–Crippen MR) is 82.8 cm³/mol. The summed E-state index contributed by atoms with van der Waals surface area (Å²) < 4.78 is 19.2. The van der Waals surface area contributed by atoms with Crippen molar-refractivity contribution in [3.05, 3.63) is 29.6 Å². The van der Waals surface area contributed by atoms with Gasteiger partial charge in [-0.1, -0.05) is 19.9 Å². The molecule has 0 radical (unpaired) electrons. The number of nitrogens with two attached hydrogens (primary N) is 1. The molecule has 0 atom stereocenters. The lowest BCUT2D eigenvalue weighted by atomic mass is 9.86. The molecule has 5 heteroatoms. The Labute approximate surface area is 125 Å². The molecular formula is C16H25FN2O2. The number of hydrogen-bond donors (Lipinski definition) is 2. The molecule has 0 saturated carbocycles. The molecule has 1 amide bonds. The number of rotatable bonds is 4. The van der Waals surface area contributed by atoms with Gasteiger partial charge < -0.3 is 10.5 Å². The average molecular weight is 296 g/mol. The van der Waals surface area contributed by atoms with E-state index < -0.39 is 11.7 Å². The summed E-state index contributed by atoms with van der Waals surface area (Å²) in [7, 11) is 0. The fourth-order valence-corrected chi connectivity index (χ4v) is 1.78. The first-order chi connectivity index (χ1) is 9.52. The van der Waals surface area contributed by atoms with Gasteiger partial charge >= 0.3 is 6.09 Å². The van der Waals surface area contributed by atoms with Gasteiger partial charge in [-0.2, -0.15) is 0 Å². The normalized spacial score (nSPS) is 12.1. The van der Waals surface area contributed by atoms with Crippen molar-refractivity contribution >= 4 is 11.8 Å². The van der Waals surface area contributed by atoms with Gasteiger partial charge in [-0.15, -0.1) is 0 Å². The van der Waals surface area contributed by atoms with Crippen molar-refractivity contribution < 1.29 is 13.9 Å². The summed E-state index contributed by atoms with van der Waals surface area (Å²) in [6, 6.07) is 4.63. The van der Waals surface area contributed by atoms with Gasteiger partial charge in [-0.25, -0.2) is 9.18 Å². The summed E-state index contributed by atoms with van der Waals surface area (Å²) in [5, 5.41) is 2.52. The maximum Gasteiger partial charge on any atom is 0.412 e. The number of halogens is 1. The molecule has 0 aliphatic carbocycles. The summed E-state index contributed by atoms with van der Waals surface area (Å²) in [6.07, 6.45) is -0.0564. The molecule has 21 heavy (non-hydrogen) atoms. The third-order valence-corrected chi connectivity index (χ3v) is 2.92. The number of anilines is 1. The molecule has 0 aliphatic rings. The largest absolute Gasteiger partial charge is 0.444 e. The van der Waals surface area contributed by atoms with Gasteiger partial charge in [0.1, 0.15) is 11.4 Å². The number of carbonyl (C=O) groups is 1. The smallest absolute Gasteiger partial charge is 0.412 e. The summed E-state index contributed by atoms with van der Waals surface area (Å²) in [5.41, 5.74) is 5.86. The van der Waals surface area contributed by atoms with E-state index in [4.69, 9.17) is 10.5 Å². The maximum atomic E-state index is 14.1. The van der Waals surface area contributed by atoms with Crippen LogP contribution in [0.25, 0.3) is 0 Å². The third kappa shape index (κ3) is 6.12. The lowest BCUT2D eigenvalue weighted by molar-refractivity contribution is 0.0636. The van der Waals surface area contributed by atoms with Gasteiger partial charge in [-0.3, -0.25) is 5.32 Å². The van der Waals surface area contributed by atoms with E-state index in [-0.39, 0.29) is 11.2 Å². The SMILES string of the molecule is CC(C)(CN)Cc1ccc(NC(=O)OC(C)(C)C)cc1F. The molecule has 0 fully saturated rings. The lowest BCUT2D eigenvalue weighted by Gasteiger charge is -2.23. The Morgan fingerprint density at radius 2 is 1.90 bits per heavy atom. The van der Waals surface area contributed by atoms with Crippen LogP contribution in [0, 0.1) is 11.2 Å². The van der Waals surface area contributed by atoms with Crippen molar-refractivity contribution in [3.8, 4) is 0 Å². The standard InChI is InChI=1S/C16H25FN2O2/c1-15(2,3)21-14(20)19-12-7-6-11(13(17)8-12)9-16(4,5)10-18/h6-8H,9-10,18H2,1-5H3,(H,19,20). The summed E-state index contributed by atoms with van der Waals surface area (Å²) in [5.74, 6) is -0.356. The lowest BCUT2D eigenvalue weighted by Crippen LogP contribution is -2.27. The van der Waals surface area contributed by atoms with E-state index in [1.165, 1.54) is 6.07 Å². The van der Waals surface area contributed by atoms with E-state index in [1.54, 1.807) is 32.9 Å². The van der Waals surface area contributed by atoms with Crippen LogP contribution in [0.1, 0.15) is 40.2 Å². The second-order valence-electron chi connectivity index (χ2n) is 6.98. The second-order valence-corrected chi connectivity index (χ2v) is 6.98. The van der Waals surface area contributed by atoms with Crippen LogP contribution in [0.2, 0.25) is 0 Å². The molecule has 0 heterocycles. The van der Waals surface area contributed by atoms with E-state index in [0.29, 0.717) is 24.2 Å². The van der Waals surface area contributed by atoms with Crippen LogP contribution in [0.5, 0.6) is 0 Å². The van der Waals surface area contributed by atoms with E-state index in [0.717, 1.165) is 0 Å². The van der Waals surface area contributed by atoms with Gasteiger partial charge in [0.25, 0.3) is 0 Å². The summed E-state index contributed by atoms with van der Waals surface area (Å²) >= 11 is 0. The highest BCUT2D eigenvalue weighted by Gasteiger charge is 2.20. The minimum Gasteiger partial charge on any atom is -0.444 e. The van der Waals surface area contributed by atoms with Crippen LogP contribution in [0.4, 0.5) is 14.9 Å². The minimum atomic E-state index is -0.600. The van der Waals surface area contributed by atoms with E-state index in [1.807, 2.05) is 13.8 Å². The summed E-state index contributed by atoms with van der Waals surface area (Å²) in [4.78, 5) is 11.6. The Bertz CT molecular complexity index is 507. The zero-order valence-electron chi connectivity index (χ0n) is 13.4. The van der Waals surface area contributed by atoms with Crippen LogP contribution < -0.4 is 11.1 Å². The Balaban J connectivity index is 2.77. The number of nitrogens with one attached hydrogen (secondary N) is 1. The number of benzene rings is 1. The Hall–Kier alpha value is -1.62. The molecule has 0 unspecified atom stereocenters. The van der Waals surface area contributed by atoms with Crippen molar-refractivity contribution in [2.75, 3.05) is 11.9 Å². The van der Waals surface area contributed by atoms with Crippen molar-refractivity contribution in [1.29, 1.82) is 0 Å². The number of carbonyl (C=O) groups excluding carboxylic acids is 1. The highest BCUT2D eigenvalue weighted by Crippen LogP contribution is 2.24. The molecule has 1 aromatic carbocycles. The second kappa shape index (κ2) is 6.43. The minimum absolute atomic E-state index is 0.166. The molecular weight excluding hydrogens is 271 g/mol. The monoisotopic (exact) mass is 296 g/mol. The van der Waals surface area contributed by atoms with E-state index >= 15 is 0 Å². The molecule has 0 aliphatic heterocycles. The number of amides is 1. The fraction of sp³-hybridized carbons (Fsp3) is 0.562. The van der Waals surface area contributed by atoms with Gasteiger partial charge in [0.05, 0.1) is 0 Å². The highest BCUT2D eigenvalue weighted by atomic mass is 19.1. The molecule has 0 bridgehead atoms. The predicted octanol–water partition coefficient (Wildman–Crippen LogP) is 3.70. The fourth-order valence-electron chi connectivity index (χ4n) is 1.78. The van der Waals surface area contributed by atoms with E-state index in [9.17, 15) is 9.18 Å². The van der Waals surface area contributed by atoms with Crippen LogP contribution in [-0.2, 0) is 11.2 Å². The molecule has 1 rings (SSSR count). The maximum absolute atomic E-state index is 14.1. The van der Waals surface area contributed by atoms with Crippen molar-refractivity contribution in [2.45, 2.75) is 46.6 Å². The Kier molecular flexibility index (Phi) is 5.34. The van der Waals surface area contributed by atoms with Crippen LogP contribution in [0.3, 0.4) is 0 Å². The Morgan fingerprint density at radius 1 is 1.29 bits per heavy atom. The molecule has 3 N–H and O–H groups in total. The first kappa shape index (κ1) is 17.4.